The molecule has 2 aliphatic heterocycles. The zero-order chi connectivity index (χ0) is 31.1. The van der Waals surface area contributed by atoms with Gasteiger partial charge in [0.15, 0.2) is 11.5 Å². The number of rotatable bonds is 9. The molecule has 0 spiro atoms. The largest absolute Gasteiger partial charge is 0.586 e. The van der Waals surface area contributed by atoms with Crippen molar-refractivity contribution in [3.8, 4) is 22.8 Å². The summed E-state index contributed by atoms with van der Waals surface area (Å²) in [5.41, 5.74) is 2.31. The van der Waals surface area contributed by atoms with Gasteiger partial charge < -0.3 is 30.1 Å². The average molecular weight is 607 g/mol. The molecule has 2 amide bonds. The normalized spacial score (nSPS) is 18.4. The first-order valence-electron chi connectivity index (χ1n) is 14.6. The maximum absolute atomic E-state index is 13.5. The summed E-state index contributed by atoms with van der Waals surface area (Å²) in [6, 6.07) is 15.0. The highest BCUT2D eigenvalue weighted by molar-refractivity contribution is 6.01. The second-order valence-electron chi connectivity index (χ2n) is 11.5. The number of benzene rings is 2. The van der Waals surface area contributed by atoms with E-state index in [1.165, 1.54) is 12.1 Å². The monoisotopic (exact) mass is 606 g/mol. The van der Waals surface area contributed by atoms with Crippen LogP contribution in [0.3, 0.4) is 0 Å². The number of carbonyl (C=O) groups excluding carboxylic acids is 2. The summed E-state index contributed by atoms with van der Waals surface area (Å²) in [7, 11) is 0. The first kappa shape index (κ1) is 29.5. The number of aliphatic carboxylic acids is 1. The first-order chi connectivity index (χ1) is 21.0. The second-order valence-corrected chi connectivity index (χ2v) is 11.5. The van der Waals surface area contributed by atoms with Crippen LogP contribution in [0.5, 0.6) is 11.5 Å². The molecule has 10 nitrogen and oxygen atoms in total. The maximum atomic E-state index is 13.5. The molecule has 0 unspecified atom stereocenters. The van der Waals surface area contributed by atoms with Gasteiger partial charge >= 0.3 is 12.3 Å². The van der Waals surface area contributed by atoms with Crippen molar-refractivity contribution >= 4 is 23.6 Å². The number of pyridine rings is 1. The lowest BCUT2D eigenvalue weighted by molar-refractivity contribution is -0.286. The Kier molecular flexibility index (Phi) is 7.70. The van der Waals surface area contributed by atoms with E-state index < -0.39 is 17.7 Å². The molecule has 3 heterocycles. The highest BCUT2D eigenvalue weighted by Gasteiger charge is 2.53. The van der Waals surface area contributed by atoms with Crippen molar-refractivity contribution in [3.05, 3.63) is 71.3 Å². The topological polar surface area (TPSA) is 130 Å². The van der Waals surface area contributed by atoms with Crippen molar-refractivity contribution in [1.29, 1.82) is 0 Å². The van der Waals surface area contributed by atoms with E-state index in [1.807, 2.05) is 19.1 Å². The average Bonchev–Trinajstić information content (AvgIpc) is 3.75. The molecule has 0 bridgehead atoms. The van der Waals surface area contributed by atoms with E-state index in [9.17, 15) is 23.2 Å². The van der Waals surface area contributed by atoms with Gasteiger partial charge in [0, 0.05) is 24.2 Å². The van der Waals surface area contributed by atoms with E-state index in [-0.39, 0.29) is 29.2 Å². The molecule has 3 N–H and O–H groups in total. The summed E-state index contributed by atoms with van der Waals surface area (Å²) in [4.78, 5) is 44.3. The number of halogens is 2. The number of hydrogen-bond acceptors (Lipinski definition) is 7. The summed E-state index contributed by atoms with van der Waals surface area (Å²) in [5.74, 6) is -1.43. The number of alkyl halides is 2. The molecule has 230 valence electrons. The Balaban J connectivity index is 1.10. The fourth-order valence-electron chi connectivity index (χ4n) is 5.79. The molecular formula is C32H32F2N4O6. The number of fused-ring (bicyclic) bond motifs is 1. The number of carboxylic acids is 1. The summed E-state index contributed by atoms with van der Waals surface area (Å²) >= 11 is 0. The molecule has 0 atom stereocenters. The van der Waals surface area contributed by atoms with Crippen molar-refractivity contribution in [2.75, 3.05) is 31.5 Å². The predicted octanol–water partition coefficient (Wildman–Crippen LogP) is 4.58. The van der Waals surface area contributed by atoms with Crippen molar-refractivity contribution in [1.82, 2.24) is 15.2 Å². The van der Waals surface area contributed by atoms with Crippen molar-refractivity contribution in [2.45, 2.75) is 44.3 Å². The van der Waals surface area contributed by atoms with Gasteiger partial charge in [0.1, 0.15) is 5.82 Å². The van der Waals surface area contributed by atoms with Gasteiger partial charge in [-0.25, -0.2) is 4.98 Å². The lowest BCUT2D eigenvalue weighted by atomic mass is 9.94. The van der Waals surface area contributed by atoms with Crippen LogP contribution in [0.25, 0.3) is 11.3 Å². The molecule has 0 radical (unpaired) electrons. The summed E-state index contributed by atoms with van der Waals surface area (Å²) in [5, 5.41) is 15.0. The number of carboxylic acid groups (broad SMARTS) is 1. The van der Waals surface area contributed by atoms with E-state index in [0.29, 0.717) is 80.1 Å². The molecule has 6 rings (SSSR count). The van der Waals surface area contributed by atoms with Gasteiger partial charge in [-0.15, -0.1) is 8.78 Å². The van der Waals surface area contributed by atoms with Crippen LogP contribution < -0.4 is 20.1 Å². The van der Waals surface area contributed by atoms with Crippen LogP contribution in [0, 0.1) is 12.8 Å². The highest BCUT2D eigenvalue weighted by atomic mass is 19.3. The van der Waals surface area contributed by atoms with Crippen molar-refractivity contribution in [3.63, 3.8) is 0 Å². The number of amides is 2. The molecule has 12 heteroatoms. The molecular weight excluding hydrogens is 574 g/mol. The third kappa shape index (κ3) is 6.07. The molecule has 2 fully saturated rings. The summed E-state index contributed by atoms with van der Waals surface area (Å²) in [6.45, 7) is 4.35. The predicted molar refractivity (Wildman–Crippen MR) is 156 cm³/mol. The number of nitrogens with one attached hydrogen (secondary N) is 2. The summed E-state index contributed by atoms with van der Waals surface area (Å²) < 4.78 is 36.0. The SMILES string of the molecule is Cc1ccc(NC(=O)C2(c3ccc4c(c3)OC(F)(F)O4)CC2)nc1-c1cccc(C(=O)NCCN2CCC(C(=O)O)CC2)c1. The molecule has 1 aliphatic carbocycles. The van der Waals surface area contributed by atoms with Crippen LogP contribution in [-0.4, -0.2) is 65.2 Å². The zero-order valence-corrected chi connectivity index (χ0v) is 24.1. The van der Waals surface area contributed by atoms with Crippen LogP contribution in [0.15, 0.2) is 54.6 Å². The minimum atomic E-state index is -3.73. The molecule has 44 heavy (non-hydrogen) atoms. The van der Waals surface area contributed by atoms with Gasteiger partial charge in [0.2, 0.25) is 5.91 Å². The number of ether oxygens (including phenoxy) is 2. The standard InChI is InChI=1S/C32H32F2N4O6/c1-19-5-8-26(37-30(42)31(11-12-31)23-6-7-24-25(18-23)44-32(33,34)43-24)36-27(19)21-3-2-4-22(17-21)28(39)35-13-16-38-14-9-20(10-15-38)29(40)41/h2-8,17-18,20H,9-16H2,1H3,(H,35,39)(H,40,41)(H,36,37,42). The van der Waals surface area contributed by atoms with E-state index in [2.05, 4.69) is 30.0 Å². The van der Waals surface area contributed by atoms with Crippen LogP contribution >= 0.6 is 0 Å². The number of anilines is 1. The minimum absolute atomic E-state index is 0.0756. The lowest BCUT2D eigenvalue weighted by Crippen LogP contribution is -2.40. The molecule has 3 aliphatic rings. The number of piperidine rings is 1. The van der Waals surface area contributed by atoms with Gasteiger partial charge in [-0.2, -0.15) is 0 Å². The molecule has 1 saturated heterocycles. The number of likely N-dealkylation sites (tertiary alicyclic amines) is 1. The van der Waals surface area contributed by atoms with Crippen LogP contribution in [0.4, 0.5) is 14.6 Å². The third-order valence-electron chi connectivity index (χ3n) is 8.53. The smallest absolute Gasteiger partial charge is 0.481 e. The number of carbonyl (C=O) groups is 3. The Bertz CT molecular complexity index is 1620. The van der Waals surface area contributed by atoms with Crippen molar-refractivity contribution < 1.29 is 37.7 Å². The number of hydrogen-bond donors (Lipinski definition) is 3. The molecule has 1 saturated carbocycles. The lowest BCUT2D eigenvalue weighted by Gasteiger charge is -2.29. The van der Waals surface area contributed by atoms with E-state index in [0.717, 1.165) is 5.56 Å². The molecule has 3 aromatic rings. The van der Waals surface area contributed by atoms with Crippen LogP contribution in [0.1, 0.15) is 47.2 Å². The minimum Gasteiger partial charge on any atom is -0.481 e. The van der Waals surface area contributed by atoms with E-state index in [1.54, 1.807) is 30.3 Å². The van der Waals surface area contributed by atoms with E-state index >= 15 is 0 Å². The highest BCUT2D eigenvalue weighted by Crippen LogP contribution is 2.52. The maximum Gasteiger partial charge on any atom is 0.586 e. The van der Waals surface area contributed by atoms with Gasteiger partial charge in [0.25, 0.3) is 5.91 Å². The van der Waals surface area contributed by atoms with Crippen molar-refractivity contribution in [2.24, 2.45) is 5.92 Å². The van der Waals surface area contributed by atoms with Gasteiger partial charge in [-0.3, -0.25) is 14.4 Å². The fourth-order valence-corrected chi connectivity index (χ4v) is 5.79. The van der Waals surface area contributed by atoms with E-state index in [4.69, 9.17) is 5.11 Å². The van der Waals surface area contributed by atoms with Gasteiger partial charge in [-0.05, 0) is 87.2 Å². The van der Waals surface area contributed by atoms with Gasteiger partial charge in [-0.1, -0.05) is 24.3 Å². The van der Waals surface area contributed by atoms with Crippen LogP contribution in [-0.2, 0) is 15.0 Å². The Morgan fingerprint density at radius 3 is 2.50 bits per heavy atom. The van der Waals surface area contributed by atoms with Crippen LogP contribution in [0.2, 0.25) is 0 Å². The number of nitrogens with zero attached hydrogens (tertiary/aromatic N) is 2. The van der Waals surface area contributed by atoms with Gasteiger partial charge in [0.05, 0.1) is 17.0 Å². The second kappa shape index (κ2) is 11.5. The molecule has 2 aromatic carbocycles. The number of aromatic nitrogens is 1. The Morgan fingerprint density at radius 1 is 1.02 bits per heavy atom. The first-order valence-corrected chi connectivity index (χ1v) is 14.6. The Hall–Kier alpha value is -4.58. The Morgan fingerprint density at radius 2 is 1.77 bits per heavy atom. The summed E-state index contributed by atoms with van der Waals surface area (Å²) in [6.07, 6.45) is -1.42. The quantitative estimate of drug-likeness (QED) is 0.323. The molecule has 1 aromatic heterocycles. The Labute approximate surface area is 252 Å². The fraction of sp³-hybridized carbons (Fsp3) is 0.375. The zero-order valence-electron chi connectivity index (χ0n) is 24.1. The number of aryl methyl sites for hydroxylation is 1. The third-order valence-corrected chi connectivity index (χ3v) is 8.53.